The Labute approximate surface area is 104 Å². The topological polar surface area (TPSA) is 66.4 Å². The van der Waals surface area contributed by atoms with Crippen LogP contribution in [0.25, 0.3) is 0 Å². The van der Waals surface area contributed by atoms with Crippen LogP contribution in [0.2, 0.25) is 0 Å². The summed E-state index contributed by atoms with van der Waals surface area (Å²) < 4.78 is 0. The molecule has 0 aliphatic heterocycles. The van der Waals surface area contributed by atoms with E-state index in [2.05, 4.69) is 5.32 Å². The van der Waals surface area contributed by atoms with Gasteiger partial charge in [0.25, 0.3) is 0 Å². The highest BCUT2D eigenvalue weighted by molar-refractivity contribution is 5.97. The molecule has 0 aromatic heterocycles. The van der Waals surface area contributed by atoms with Crippen molar-refractivity contribution in [2.75, 3.05) is 0 Å². The van der Waals surface area contributed by atoms with Gasteiger partial charge in [-0.25, -0.2) is 0 Å². The van der Waals surface area contributed by atoms with Crippen LogP contribution < -0.4 is 5.32 Å². The van der Waals surface area contributed by atoms with E-state index in [1.807, 2.05) is 20.8 Å². The zero-order valence-electron chi connectivity index (χ0n) is 11.7. The summed E-state index contributed by atoms with van der Waals surface area (Å²) in [5, 5.41) is 12.0. The number of hydrogen-bond acceptors (Lipinski definition) is 2. The lowest BCUT2D eigenvalue weighted by atomic mass is 9.80. The number of carbonyl (C=O) groups is 2. The Morgan fingerprint density at radius 2 is 1.71 bits per heavy atom. The van der Waals surface area contributed by atoms with Crippen LogP contribution in [0.15, 0.2) is 0 Å². The molecule has 2 N–H and O–H groups in total. The quantitative estimate of drug-likeness (QED) is 0.728. The molecule has 0 bridgehead atoms. The van der Waals surface area contributed by atoms with Crippen molar-refractivity contribution >= 4 is 11.9 Å². The second-order valence-corrected chi connectivity index (χ2v) is 5.90. The fraction of sp³-hybridized carbons (Fsp3) is 0.846. The summed E-state index contributed by atoms with van der Waals surface area (Å²) in [4.78, 5) is 23.2. The van der Waals surface area contributed by atoms with Crippen molar-refractivity contribution in [3.63, 3.8) is 0 Å². The van der Waals surface area contributed by atoms with Crippen LogP contribution in [0.5, 0.6) is 0 Å². The van der Waals surface area contributed by atoms with Crippen LogP contribution in [0.4, 0.5) is 0 Å². The summed E-state index contributed by atoms with van der Waals surface area (Å²) in [5.74, 6) is -2.15. The lowest BCUT2D eigenvalue weighted by Gasteiger charge is -2.29. The number of rotatable bonds is 5. The number of aliphatic carboxylic acids is 1. The van der Waals surface area contributed by atoms with E-state index in [0.29, 0.717) is 5.92 Å². The highest BCUT2D eigenvalue weighted by Crippen LogP contribution is 2.26. The molecule has 100 valence electrons. The van der Waals surface area contributed by atoms with Crippen molar-refractivity contribution in [2.45, 2.75) is 54.0 Å². The van der Waals surface area contributed by atoms with Crippen molar-refractivity contribution in [3.05, 3.63) is 0 Å². The summed E-state index contributed by atoms with van der Waals surface area (Å²) >= 11 is 0. The van der Waals surface area contributed by atoms with Gasteiger partial charge >= 0.3 is 5.97 Å². The molecule has 17 heavy (non-hydrogen) atoms. The average Bonchev–Trinajstić information content (AvgIpc) is 2.10. The summed E-state index contributed by atoms with van der Waals surface area (Å²) in [5.41, 5.74) is -0.578. The monoisotopic (exact) mass is 243 g/mol. The zero-order valence-corrected chi connectivity index (χ0v) is 11.7. The minimum absolute atomic E-state index is 0.0340. The van der Waals surface area contributed by atoms with Crippen molar-refractivity contribution in [1.29, 1.82) is 0 Å². The largest absolute Gasteiger partial charge is 0.481 e. The maximum absolute atomic E-state index is 12.0. The van der Waals surface area contributed by atoms with Gasteiger partial charge in [0.1, 0.15) is 5.92 Å². The van der Waals surface area contributed by atoms with Crippen LogP contribution in [-0.2, 0) is 9.59 Å². The molecule has 0 aromatic rings. The summed E-state index contributed by atoms with van der Waals surface area (Å²) in [6, 6.07) is 0.0340. The van der Waals surface area contributed by atoms with Crippen LogP contribution in [-0.4, -0.2) is 23.0 Å². The number of carboxylic acids is 1. The first-order valence-corrected chi connectivity index (χ1v) is 6.14. The van der Waals surface area contributed by atoms with E-state index in [0.717, 1.165) is 6.42 Å². The average molecular weight is 243 g/mol. The molecule has 0 saturated heterocycles. The first-order chi connectivity index (χ1) is 7.61. The van der Waals surface area contributed by atoms with Gasteiger partial charge < -0.3 is 10.4 Å². The van der Waals surface area contributed by atoms with Crippen molar-refractivity contribution in [1.82, 2.24) is 5.32 Å². The molecule has 0 rings (SSSR count). The van der Waals surface area contributed by atoms with Gasteiger partial charge in [-0.05, 0) is 17.8 Å². The second kappa shape index (κ2) is 6.03. The van der Waals surface area contributed by atoms with Gasteiger partial charge in [-0.15, -0.1) is 0 Å². The minimum atomic E-state index is -1.06. The molecule has 0 fully saturated rings. The predicted molar refractivity (Wildman–Crippen MR) is 67.6 cm³/mol. The first kappa shape index (κ1) is 15.9. The van der Waals surface area contributed by atoms with E-state index in [9.17, 15) is 9.59 Å². The fourth-order valence-corrected chi connectivity index (χ4v) is 1.88. The normalized spacial score (nSPS) is 15.5. The molecule has 0 heterocycles. The Morgan fingerprint density at radius 1 is 1.24 bits per heavy atom. The van der Waals surface area contributed by atoms with Gasteiger partial charge in [0.2, 0.25) is 5.91 Å². The molecule has 2 unspecified atom stereocenters. The molecule has 0 radical (unpaired) electrons. The number of nitrogens with one attached hydrogen (secondary N) is 1. The molecule has 4 heteroatoms. The van der Waals surface area contributed by atoms with E-state index in [1.54, 1.807) is 20.8 Å². The lowest BCUT2D eigenvalue weighted by Crippen LogP contribution is -2.47. The molecular formula is C13H25NO3. The molecule has 4 nitrogen and oxygen atoms in total. The Kier molecular flexibility index (Phi) is 5.66. The van der Waals surface area contributed by atoms with Gasteiger partial charge in [-0.2, -0.15) is 0 Å². The number of carbonyl (C=O) groups excluding carboxylic acids is 1. The second-order valence-electron chi connectivity index (χ2n) is 5.90. The Hall–Kier alpha value is -1.06. The molecule has 2 atom stereocenters. The molecular weight excluding hydrogens is 218 g/mol. The fourth-order valence-electron chi connectivity index (χ4n) is 1.88. The lowest BCUT2D eigenvalue weighted by molar-refractivity contribution is -0.151. The third-order valence-electron chi connectivity index (χ3n) is 2.95. The van der Waals surface area contributed by atoms with E-state index in [1.165, 1.54) is 0 Å². The van der Waals surface area contributed by atoms with Crippen LogP contribution in [0.3, 0.4) is 0 Å². The maximum Gasteiger partial charge on any atom is 0.316 e. The van der Waals surface area contributed by atoms with Crippen molar-refractivity contribution < 1.29 is 14.7 Å². The van der Waals surface area contributed by atoms with Crippen molar-refractivity contribution in [2.24, 2.45) is 17.3 Å². The van der Waals surface area contributed by atoms with Crippen LogP contribution in [0, 0.1) is 17.3 Å². The number of carboxylic acid groups (broad SMARTS) is 1. The molecule has 0 saturated carbocycles. The Balaban J connectivity index is 4.82. The zero-order chi connectivity index (χ0) is 13.8. The number of hydrogen-bond donors (Lipinski definition) is 2. The maximum atomic E-state index is 12.0. The Morgan fingerprint density at radius 3 is 1.94 bits per heavy atom. The predicted octanol–water partition coefficient (Wildman–Crippen LogP) is 2.28. The third-order valence-corrected chi connectivity index (χ3v) is 2.95. The standard InChI is InChI=1S/C13H25NO3/c1-7-9(8(2)3)14-11(15)10(12(16)17)13(4,5)6/h8-10H,7H2,1-6H3,(H,14,15)(H,16,17). The molecule has 1 amide bonds. The summed E-state index contributed by atoms with van der Waals surface area (Å²) in [7, 11) is 0. The van der Waals surface area contributed by atoms with Gasteiger partial charge in [0, 0.05) is 6.04 Å². The van der Waals surface area contributed by atoms with Gasteiger partial charge in [-0.3, -0.25) is 9.59 Å². The van der Waals surface area contributed by atoms with E-state index in [-0.39, 0.29) is 11.9 Å². The van der Waals surface area contributed by atoms with Crippen molar-refractivity contribution in [3.8, 4) is 0 Å². The summed E-state index contributed by atoms with van der Waals surface area (Å²) in [6.07, 6.45) is 0.805. The molecule has 0 spiro atoms. The van der Waals surface area contributed by atoms with Crippen LogP contribution in [0.1, 0.15) is 48.0 Å². The first-order valence-electron chi connectivity index (χ1n) is 6.14. The van der Waals surface area contributed by atoms with E-state index < -0.39 is 17.3 Å². The highest BCUT2D eigenvalue weighted by Gasteiger charge is 2.38. The van der Waals surface area contributed by atoms with Gasteiger partial charge in [-0.1, -0.05) is 41.5 Å². The van der Waals surface area contributed by atoms with Gasteiger partial charge in [0.15, 0.2) is 0 Å². The Bertz CT molecular complexity index is 279. The van der Waals surface area contributed by atoms with Gasteiger partial charge in [0.05, 0.1) is 0 Å². The van der Waals surface area contributed by atoms with E-state index >= 15 is 0 Å². The highest BCUT2D eigenvalue weighted by atomic mass is 16.4. The molecule has 0 aliphatic rings. The smallest absolute Gasteiger partial charge is 0.316 e. The molecule has 0 aliphatic carbocycles. The summed E-state index contributed by atoms with van der Waals surface area (Å²) in [6.45, 7) is 11.3. The van der Waals surface area contributed by atoms with Crippen LogP contribution >= 0.6 is 0 Å². The molecule has 0 aromatic carbocycles. The number of amides is 1. The SMILES string of the molecule is CCC(NC(=O)C(C(=O)O)C(C)(C)C)C(C)C. The van der Waals surface area contributed by atoms with E-state index in [4.69, 9.17) is 5.11 Å². The third kappa shape index (κ3) is 4.75. The minimum Gasteiger partial charge on any atom is -0.481 e.